The number of aromatic nitrogens is 1. The molecule has 1 aromatic heterocycles. The van der Waals surface area contributed by atoms with Crippen LogP contribution in [-0.4, -0.2) is 13.4 Å². The van der Waals surface area contributed by atoms with Crippen LogP contribution < -0.4 is 10.5 Å². The maximum atomic E-state index is 12.1. The summed E-state index contributed by atoms with van der Waals surface area (Å²) in [7, 11) is -3.46. The molecule has 2 rings (SSSR count). The van der Waals surface area contributed by atoms with E-state index in [0.29, 0.717) is 16.4 Å². The van der Waals surface area contributed by atoms with Gasteiger partial charge in [-0.1, -0.05) is 26.0 Å². The van der Waals surface area contributed by atoms with E-state index in [-0.39, 0.29) is 11.7 Å². The first-order chi connectivity index (χ1) is 9.35. The third kappa shape index (κ3) is 3.94. The molecule has 0 saturated heterocycles. The average molecular weight is 311 g/mol. The molecule has 1 aromatic carbocycles. The molecule has 0 aliphatic rings. The van der Waals surface area contributed by atoms with Crippen LogP contribution in [0.15, 0.2) is 29.6 Å². The highest BCUT2D eigenvalue weighted by molar-refractivity contribution is 7.92. The van der Waals surface area contributed by atoms with Crippen molar-refractivity contribution in [2.45, 2.75) is 25.5 Å². The second-order valence-electron chi connectivity index (χ2n) is 4.83. The molecular weight excluding hydrogens is 294 g/mol. The Labute approximate surface area is 122 Å². The molecule has 2 aromatic rings. The number of nitrogens with one attached hydrogen (secondary N) is 1. The number of hydrogen-bond acceptors (Lipinski definition) is 5. The van der Waals surface area contributed by atoms with Gasteiger partial charge in [-0.15, -0.1) is 11.3 Å². The number of rotatable bonds is 5. The van der Waals surface area contributed by atoms with Gasteiger partial charge in [0, 0.05) is 11.1 Å². The minimum Gasteiger partial charge on any atom is -0.399 e. The summed E-state index contributed by atoms with van der Waals surface area (Å²) in [4.78, 5) is 4.26. The van der Waals surface area contributed by atoms with Gasteiger partial charge < -0.3 is 5.73 Å². The van der Waals surface area contributed by atoms with Crippen molar-refractivity contribution < 1.29 is 8.42 Å². The van der Waals surface area contributed by atoms with Crippen LogP contribution in [0.5, 0.6) is 0 Å². The number of thiazole rings is 1. The van der Waals surface area contributed by atoms with Crippen LogP contribution in [-0.2, 0) is 15.8 Å². The van der Waals surface area contributed by atoms with E-state index < -0.39 is 10.0 Å². The van der Waals surface area contributed by atoms with Gasteiger partial charge in [-0.3, -0.25) is 4.72 Å². The lowest BCUT2D eigenvalue weighted by atomic mass is 10.2. The number of benzene rings is 1. The third-order valence-electron chi connectivity index (χ3n) is 2.69. The maximum absolute atomic E-state index is 12.1. The number of hydrogen-bond donors (Lipinski definition) is 2. The molecule has 108 valence electrons. The first-order valence-corrected chi connectivity index (χ1v) is 8.69. The zero-order valence-corrected chi connectivity index (χ0v) is 13.0. The lowest BCUT2D eigenvalue weighted by molar-refractivity contribution is 0.600. The predicted molar refractivity (Wildman–Crippen MR) is 83.3 cm³/mol. The molecule has 0 saturated carbocycles. The molecule has 0 atom stereocenters. The Morgan fingerprint density at radius 3 is 2.50 bits per heavy atom. The molecule has 0 aliphatic carbocycles. The van der Waals surface area contributed by atoms with Gasteiger partial charge in [-0.2, -0.15) is 0 Å². The fraction of sp³-hybridized carbons (Fsp3) is 0.308. The highest BCUT2D eigenvalue weighted by atomic mass is 32.2. The smallest absolute Gasteiger partial charge is 0.238 e. The zero-order valence-electron chi connectivity index (χ0n) is 11.3. The summed E-state index contributed by atoms with van der Waals surface area (Å²) in [5.74, 6) is 0.186. The normalized spacial score (nSPS) is 11.8. The van der Waals surface area contributed by atoms with Crippen molar-refractivity contribution >= 4 is 32.2 Å². The van der Waals surface area contributed by atoms with Gasteiger partial charge in [0.05, 0.1) is 11.4 Å². The Morgan fingerprint density at radius 2 is 1.95 bits per heavy atom. The van der Waals surface area contributed by atoms with Crippen molar-refractivity contribution in [2.24, 2.45) is 0 Å². The predicted octanol–water partition coefficient (Wildman–Crippen LogP) is 2.79. The fourth-order valence-electron chi connectivity index (χ4n) is 1.60. The molecule has 5 nitrogen and oxygen atoms in total. The van der Waals surface area contributed by atoms with E-state index in [4.69, 9.17) is 5.73 Å². The monoisotopic (exact) mass is 311 g/mol. The molecule has 1 heterocycles. The Kier molecular flexibility index (Phi) is 4.29. The van der Waals surface area contributed by atoms with E-state index in [2.05, 4.69) is 9.71 Å². The maximum Gasteiger partial charge on any atom is 0.238 e. The Hall–Kier alpha value is -1.60. The third-order valence-corrected chi connectivity index (χ3v) is 4.82. The number of sulfonamides is 1. The van der Waals surface area contributed by atoms with Crippen molar-refractivity contribution in [3.63, 3.8) is 0 Å². The average Bonchev–Trinajstić information content (AvgIpc) is 2.79. The first-order valence-electron chi connectivity index (χ1n) is 6.16. The fourth-order valence-corrected chi connectivity index (χ4v) is 3.90. The van der Waals surface area contributed by atoms with Crippen LogP contribution in [0.25, 0.3) is 0 Å². The molecule has 0 amide bonds. The van der Waals surface area contributed by atoms with Crippen LogP contribution >= 0.6 is 11.3 Å². The quantitative estimate of drug-likeness (QED) is 0.831. The number of nitrogens with zero attached hydrogens (tertiary/aromatic N) is 1. The van der Waals surface area contributed by atoms with E-state index in [1.807, 2.05) is 19.2 Å². The molecule has 20 heavy (non-hydrogen) atoms. The van der Waals surface area contributed by atoms with Gasteiger partial charge in [-0.05, 0) is 23.6 Å². The SMILES string of the molecule is CC(C)c1csc(NS(=O)(=O)Cc2ccc(N)cc2)n1. The summed E-state index contributed by atoms with van der Waals surface area (Å²) < 4.78 is 26.6. The summed E-state index contributed by atoms with van der Waals surface area (Å²) in [6.45, 7) is 4.03. The summed E-state index contributed by atoms with van der Waals surface area (Å²) in [6.07, 6.45) is 0. The molecular formula is C13H17N3O2S2. The highest BCUT2D eigenvalue weighted by Gasteiger charge is 2.14. The van der Waals surface area contributed by atoms with Crippen LogP contribution in [0.4, 0.5) is 10.8 Å². The second kappa shape index (κ2) is 5.80. The lowest BCUT2D eigenvalue weighted by Gasteiger charge is -2.05. The van der Waals surface area contributed by atoms with Crippen LogP contribution in [0.3, 0.4) is 0 Å². The summed E-state index contributed by atoms with van der Waals surface area (Å²) in [6, 6.07) is 6.78. The summed E-state index contributed by atoms with van der Waals surface area (Å²) in [5.41, 5.74) is 7.76. The van der Waals surface area contributed by atoms with E-state index in [1.165, 1.54) is 11.3 Å². The molecule has 0 radical (unpaired) electrons. The van der Waals surface area contributed by atoms with Gasteiger partial charge in [0.2, 0.25) is 10.0 Å². The molecule has 3 N–H and O–H groups in total. The second-order valence-corrected chi connectivity index (χ2v) is 7.42. The summed E-state index contributed by atoms with van der Waals surface area (Å²) in [5, 5.41) is 2.27. The first kappa shape index (κ1) is 14.8. The van der Waals surface area contributed by atoms with E-state index in [9.17, 15) is 8.42 Å². The number of nitrogen functional groups attached to an aromatic ring is 1. The molecule has 0 unspecified atom stereocenters. The van der Waals surface area contributed by atoms with Crippen molar-refractivity contribution in [1.82, 2.24) is 4.98 Å². The zero-order chi connectivity index (χ0) is 14.8. The highest BCUT2D eigenvalue weighted by Crippen LogP contribution is 2.23. The summed E-state index contributed by atoms with van der Waals surface area (Å²) >= 11 is 1.30. The van der Waals surface area contributed by atoms with Crippen LogP contribution in [0, 0.1) is 0 Å². The van der Waals surface area contributed by atoms with Gasteiger partial charge in [-0.25, -0.2) is 13.4 Å². The van der Waals surface area contributed by atoms with E-state index in [1.54, 1.807) is 24.3 Å². The van der Waals surface area contributed by atoms with E-state index in [0.717, 1.165) is 5.69 Å². The standard InChI is InChI=1S/C13H17N3O2S2/c1-9(2)12-7-19-13(15-12)16-20(17,18)8-10-3-5-11(14)6-4-10/h3-7,9H,8,14H2,1-2H3,(H,15,16). The minimum atomic E-state index is -3.46. The van der Waals surface area contributed by atoms with Crippen molar-refractivity contribution in [1.29, 1.82) is 0 Å². The van der Waals surface area contributed by atoms with Crippen LogP contribution in [0.1, 0.15) is 31.0 Å². The Bertz CT molecular complexity index is 676. The van der Waals surface area contributed by atoms with Gasteiger partial charge in [0.1, 0.15) is 0 Å². The van der Waals surface area contributed by atoms with Crippen molar-refractivity contribution in [3.05, 3.63) is 40.9 Å². The molecule has 0 fully saturated rings. The minimum absolute atomic E-state index is 0.0934. The molecule has 7 heteroatoms. The number of nitrogens with two attached hydrogens (primary N) is 1. The Morgan fingerprint density at radius 1 is 1.30 bits per heavy atom. The lowest BCUT2D eigenvalue weighted by Crippen LogP contribution is -2.15. The van der Waals surface area contributed by atoms with Crippen molar-refractivity contribution in [3.8, 4) is 0 Å². The molecule has 0 bridgehead atoms. The number of anilines is 2. The van der Waals surface area contributed by atoms with Crippen LogP contribution in [0.2, 0.25) is 0 Å². The molecule has 0 spiro atoms. The molecule has 0 aliphatic heterocycles. The van der Waals surface area contributed by atoms with E-state index >= 15 is 0 Å². The Balaban J connectivity index is 2.08. The topological polar surface area (TPSA) is 85.1 Å². The van der Waals surface area contributed by atoms with Gasteiger partial charge in [0.15, 0.2) is 5.13 Å². The van der Waals surface area contributed by atoms with Gasteiger partial charge >= 0.3 is 0 Å². The van der Waals surface area contributed by atoms with Crippen molar-refractivity contribution in [2.75, 3.05) is 10.5 Å². The van der Waals surface area contributed by atoms with Gasteiger partial charge in [0.25, 0.3) is 0 Å². The largest absolute Gasteiger partial charge is 0.399 e.